The van der Waals surface area contributed by atoms with E-state index in [1.807, 2.05) is 12.3 Å². The number of aromatic nitrogens is 4. The maximum atomic E-state index is 5.24. The number of fused-ring (bicyclic) bond motifs is 8. The van der Waals surface area contributed by atoms with Crippen molar-refractivity contribution in [1.82, 2.24) is 19.9 Å². The standard InChI is InChI=1S/C50H30N4/c1-2-8-40-39(6-1)28-43(42-10-4-3-9-41(40)42)46-26-22-34-16-20-38(30-48(34)53-46)37-19-15-33-21-24-44(52-47(33)29-37)31-11-13-32(14-12-31)45-25-23-36-18-17-35-7-5-27-51-49(35)50(36)54-45/h1-30H. The van der Waals surface area contributed by atoms with Crippen molar-refractivity contribution in [2.75, 3.05) is 0 Å². The highest BCUT2D eigenvalue weighted by atomic mass is 14.8. The van der Waals surface area contributed by atoms with Gasteiger partial charge in [-0.25, -0.2) is 15.0 Å². The van der Waals surface area contributed by atoms with Gasteiger partial charge in [-0.15, -0.1) is 0 Å². The molecule has 4 heterocycles. The van der Waals surface area contributed by atoms with Gasteiger partial charge in [0.15, 0.2) is 0 Å². The fourth-order valence-electron chi connectivity index (χ4n) is 7.87. The molecule has 54 heavy (non-hydrogen) atoms. The summed E-state index contributed by atoms with van der Waals surface area (Å²) >= 11 is 0. The molecule has 0 amide bonds. The Hall–Kier alpha value is -7.30. The SMILES string of the molecule is c1ccc2c(c1)cc(-c1ccc3ccc(-c4ccc5ccc(-c6ccc(-c7ccc8ccc9cccnc9c8n7)cc6)nc5c4)cc3n1)c1ccccc12. The van der Waals surface area contributed by atoms with E-state index in [1.54, 1.807) is 0 Å². The van der Waals surface area contributed by atoms with Crippen LogP contribution in [0.4, 0.5) is 0 Å². The number of hydrogen-bond donors (Lipinski definition) is 0. The van der Waals surface area contributed by atoms with Crippen LogP contribution in [0.15, 0.2) is 182 Å². The van der Waals surface area contributed by atoms with E-state index in [0.717, 1.165) is 88.5 Å². The zero-order valence-corrected chi connectivity index (χ0v) is 29.1. The van der Waals surface area contributed by atoms with Crippen molar-refractivity contribution in [3.05, 3.63) is 182 Å². The lowest BCUT2D eigenvalue weighted by molar-refractivity contribution is 1.36. The van der Waals surface area contributed by atoms with Gasteiger partial charge in [-0.3, -0.25) is 4.98 Å². The second kappa shape index (κ2) is 12.1. The van der Waals surface area contributed by atoms with Crippen LogP contribution >= 0.6 is 0 Å². The lowest BCUT2D eigenvalue weighted by Gasteiger charge is -2.12. The fraction of sp³-hybridized carbons (Fsp3) is 0. The van der Waals surface area contributed by atoms with Gasteiger partial charge >= 0.3 is 0 Å². The Balaban J connectivity index is 0.930. The second-order valence-corrected chi connectivity index (χ2v) is 13.9. The van der Waals surface area contributed by atoms with Crippen molar-refractivity contribution in [2.45, 2.75) is 0 Å². The number of pyridine rings is 4. The highest BCUT2D eigenvalue weighted by Crippen LogP contribution is 2.36. The lowest BCUT2D eigenvalue weighted by atomic mass is 9.95. The third kappa shape index (κ3) is 5.07. The first kappa shape index (κ1) is 30.3. The summed E-state index contributed by atoms with van der Waals surface area (Å²) < 4.78 is 0. The first-order valence-corrected chi connectivity index (χ1v) is 18.2. The normalized spacial score (nSPS) is 11.7. The van der Waals surface area contributed by atoms with E-state index in [2.05, 4.69) is 175 Å². The minimum atomic E-state index is 0.919. The molecule has 4 aromatic heterocycles. The van der Waals surface area contributed by atoms with Crippen molar-refractivity contribution in [3.63, 3.8) is 0 Å². The van der Waals surface area contributed by atoms with Gasteiger partial charge in [0.05, 0.1) is 39.1 Å². The molecule has 7 aromatic carbocycles. The van der Waals surface area contributed by atoms with Crippen molar-refractivity contribution in [1.29, 1.82) is 0 Å². The quantitative estimate of drug-likeness (QED) is 0.173. The van der Waals surface area contributed by atoms with Crippen molar-refractivity contribution < 1.29 is 0 Å². The van der Waals surface area contributed by atoms with Gasteiger partial charge in [-0.05, 0) is 75.1 Å². The van der Waals surface area contributed by atoms with Crippen LogP contribution in [0.2, 0.25) is 0 Å². The Kier molecular flexibility index (Phi) is 6.82. The molecular weight excluding hydrogens is 657 g/mol. The van der Waals surface area contributed by atoms with Crippen LogP contribution in [-0.4, -0.2) is 19.9 Å². The van der Waals surface area contributed by atoms with E-state index < -0.39 is 0 Å². The molecular formula is C50H30N4. The van der Waals surface area contributed by atoms with E-state index in [4.69, 9.17) is 15.0 Å². The molecule has 0 radical (unpaired) electrons. The molecule has 0 saturated carbocycles. The third-order valence-electron chi connectivity index (χ3n) is 10.7. The molecule has 0 atom stereocenters. The summed E-state index contributed by atoms with van der Waals surface area (Å²) in [5.74, 6) is 0. The van der Waals surface area contributed by atoms with Crippen LogP contribution in [0, 0.1) is 0 Å². The lowest BCUT2D eigenvalue weighted by Crippen LogP contribution is -1.90. The van der Waals surface area contributed by atoms with Gasteiger partial charge in [0.25, 0.3) is 0 Å². The smallest absolute Gasteiger partial charge is 0.0972 e. The molecule has 11 aromatic rings. The first-order valence-electron chi connectivity index (χ1n) is 18.2. The second-order valence-electron chi connectivity index (χ2n) is 13.9. The van der Waals surface area contributed by atoms with Crippen molar-refractivity contribution >= 4 is 65.2 Å². The largest absolute Gasteiger partial charge is 0.254 e. The molecule has 0 aliphatic rings. The number of nitrogens with zero attached hydrogens (tertiary/aromatic N) is 4. The van der Waals surface area contributed by atoms with E-state index in [-0.39, 0.29) is 0 Å². The van der Waals surface area contributed by atoms with E-state index in [0.29, 0.717) is 0 Å². The summed E-state index contributed by atoms with van der Waals surface area (Å²) in [5, 5.41) is 9.32. The minimum Gasteiger partial charge on any atom is -0.254 e. The molecule has 11 rings (SSSR count). The van der Waals surface area contributed by atoms with Crippen LogP contribution in [-0.2, 0) is 0 Å². The van der Waals surface area contributed by atoms with Crippen molar-refractivity contribution in [3.8, 4) is 44.9 Å². The zero-order valence-electron chi connectivity index (χ0n) is 29.1. The highest BCUT2D eigenvalue weighted by molar-refractivity contribution is 6.13. The molecule has 0 aliphatic carbocycles. The van der Waals surface area contributed by atoms with Crippen LogP contribution in [0.5, 0.6) is 0 Å². The zero-order chi connectivity index (χ0) is 35.6. The molecule has 0 bridgehead atoms. The Morgan fingerprint density at radius 1 is 0.296 bits per heavy atom. The molecule has 0 spiro atoms. The predicted molar refractivity (Wildman–Crippen MR) is 224 cm³/mol. The summed E-state index contributed by atoms with van der Waals surface area (Å²) in [6.07, 6.45) is 1.83. The molecule has 0 fully saturated rings. The topological polar surface area (TPSA) is 51.6 Å². The summed E-state index contributed by atoms with van der Waals surface area (Å²) in [5.41, 5.74) is 12.1. The van der Waals surface area contributed by atoms with Crippen molar-refractivity contribution in [2.24, 2.45) is 0 Å². The summed E-state index contributed by atoms with van der Waals surface area (Å²) in [6.45, 7) is 0. The van der Waals surface area contributed by atoms with E-state index in [9.17, 15) is 0 Å². The van der Waals surface area contributed by atoms with Crippen LogP contribution in [0.25, 0.3) is 110 Å². The van der Waals surface area contributed by atoms with Gasteiger partial charge in [0, 0.05) is 44.4 Å². The van der Waals surface area contributed by atoms with Gasteiger partial charge in [-0.2, -0.15) is 0 Å². The summed E-state index contributed by atoms with van der Waals surface area (Å²) in [7, 11) is 0. The van der Waals surface area contributed by atoms with Crippen LogP contribution < -0.4 is 0 Å². The maximum Gasteiger partial charge on any atom is 0.0972 e. The number of hydrogen-bond acceptors (Lipinski definition) is 4. The Bertz CT molecular complexity index is 3280. The maximum absolute atomic E-state index is 5.24. The van der Waals surface area contributed by atoms with Gasteiger partial charge in [0.2, 0.25) is 0 Å². The number of rotatable bonds is 4. The molecule has 0 N–H and O–H groups in total. The third-order valence-corrected chi connectivity index (χ3v) is 10.7. The molecule has 0 unspecified atom stereocenters. The molecule has 4 nitrogen and oxygen atoms in total. The fourth-order valence-corrected chi connectivity index (χ4v) is 7.87. The van der Waals surface area contributed by atoms with E-state index in [1.165, 1.54) is 21.5 Å². The number of benzene rings is 7. The van der Waals surface area contributed by atoms with Crippen LogP contribution in [0.1, 0.15) is 0 Å². The van der Waals surface area contributed by atoms with Crippen LogP contribution in [0.3, 0.4) is 0 Å². The summed E-state index contributed by atoms with van der Waals surface area (Å²) in [4.78, 5) is 20.0. The average molecular weight is 687 g/mol. The average Bonchev–Trinajstić information content (AvgIpc) is 3.25. The predicted octanol–water partition coefficient (Wildman–Crippen LogP) is 12.9. The molecule has 4 heteroatoms. The summed E-state index contributed by atoms with van der Waals surface area (Å²) in [6, 6.07) is 62.1. The van der Waals surface area contributed by atoms with E-state index >= 15 is 0 Å². The molecule has 0 saturated heterocycles. The van der Waals surface area contributed by atoms with Gasteiger partial charge in [0.1, 0.15) is 0 Å². The van der Waals surface area contributed by atoms with Gasteiger partial charge in [-0.1, -0.05) is 133 Å². The monoisotopic (exact) mass is 686 g/mol. The molecule has 250 valence electrons. The Morgan fingerprint density at radius 3 is 1.52 bits per heavy atom. The Labute approximate surface area is 311 Å². The minimum absolute atomic E-state index is 0.919. The molecule has 0 aliphatic heterocycles. The highest BCUT2D eigenvalue weighted by Gasteiger charge is 2.12. The van der Waals surface area contributed by atoms with Gasteiger partial charge < -0.3 is 0 Å². The Morgan fingerprint density at radius 2 is 0.796 bits per heavy atom. The first-order chi connectivity index (χ1) is 26.7.